The quantitative estimate of drug-likeness (QED) is 0.364. The van der Waals surface area contributed by atoms with Crippen LogP contribution in [0.1, 0.15) is 31.3 Å². The summed E-state index contributed by atoms with van der Waals surface area (Å²) in [5.41, 5.74) is 8.20. The number of anilines is 2. The molecule has 3 N–H and O–H groups in total. The maximum atomic E-state index is 13.9. The van der Waals surface area contributed by atoms with E-state index >= 15 is 0 Å². The first kappa shape index (κ1) is 22.7. The van der Waals surface area contributed by atoms with Crippen molar-refractivity contribution >= 4 is 22.5 Å². The molecule has 11 nitrogen and oxygen atoms in total. The highest BCUT2D eigenvalue weighted by atomic mass is 16.1. The highest BCUT2D eigenvalue weighted by Gasteiger charge is 2.23. The summed E-state index contributed by atoms with van der Waals surface area (Å²) in [6.07, 6.45) is 1.35. The fourth-order valence-electron chi connectivity index (χ4n) is 3.99. The second-order valence-corrected chi connectivity index (χ2v) is 7.97. The van der Waals surface area contributed by atoms with E-state index in [2.05, 4.69) is 42.5 Å². The van der Waals surface area contributed by atoms with Crippen molar-refractivity contribution in [3.05, 3.63) is 76.6 Å². The van der Waals surface area contributed by atoms with Crippen molar-refractivity contribution in [2.24, 2.45) is 7.05 Å². The third-order valence-corrected chi connectivity index (χ3v) is 5.55. The van der Waals surface area contributed by atoms with E-state index < -0.39 is 6.04 Å². The molecule has 1 unspecified atom stereocenters. The second kappa shape index (κ2) is 9.27. The summed E-state index contributed by atoms with van der Waals surface area (Å²) in [4.78, 5) is 28.6. The third kappa shape index (κ3) is 4.01. The van der Waals surface area contributed by atoms with Crippen molar-refractivity contribution in [2.45, 2.75) is 19.9 Å². The summed E-state index contributed by atoms with van der Waals surface area (Å²) in [5, 5.41) is 16.0. The number of nitrogen functional groups attached to an aromatic ring is 1. The molecule has 0 saturated heterocycles. The number of para-hydroxylation sites is 1. The van der Waals surface area contributed by atoms with Crippen LogP contribution in [0.2, 0.25) is 0 Å². The molecule has 0 aliphatic rings. The number of aromatic nitrogens is 8. The molecular weight excluding hydrogens is 456 g/mol. The first-order chi connectivity index (χ1) is 17.5. The average Bonchev–Trinajstić information content (AvgIpc) is 3.30. The number of benzene rings is 2. The van der Waals surface area contributed by atoms with Crippen molar-refractivity contribution in [2.75, 3.05) is 11.1 Å². The van der Waals surface area contributed by atoms with E-state index in [-0.39, 0.29) is 17.2 Å². The molecule has 11 heteroatoms. The van der Waals surface area contributed by atoms with Gasteiger partial charge in [0.1, 0.15) is 29.4 Å². The Bertz CT molecular complexity index is 1700. The van der Waals surface area contributed by atoms with Crippen molar-refractivity contribution in [1.29, 1.82) is 0 Å². The Balaban J connectivity index is 1.70. The number of fused-ring (bicyclic) bond motifs is 1. The second-order valence-electron chi connectivity index (χ2n) is 7.97. The van der Waals surface area contributed by atoms with Crippen LogP contribution in [0.5, 0.6) is 0 Å². The first-order valence-corrected chi connectivity index (χ1v) is 11.1. The van der Waals surface area contributed by atoms with Gasteiger partial charge in [0.25, 0.3) is 5.56 Å². The summed E-state index contributed by atoms with van der Waals surface area (Å²) < 4.78 is 1.59. The maximum Gasteiger partial charge on any atom is 0.267 e. The van der Waals surface area contributed by atoms with E-state index in [1.165, 1.54) is 11.1 Å². The Kier molecular flexibility index (Phi) is 5.83. The van der Waals surface area contributed by atoms with Crippen LogP contribution in [0.15, 0.2) is 59.7 Å². The Hall–Kier alpha value is -5.11. The maximum absolute atomic E-state index is 13.9. The van der Waals surface area contributed by atoms with Crippen LogP contribution < -0.4 is 16.6 Å². The minimum absolute atomic E-state index is 0.197. The topological polar surface area (TPSA) is 142 Å². The van der Waals surface area contributed by atoms with Crippen LogP contribution in [0, 0.1) is 11.8 Å². The van der Waals surface area contributed by atoms with E-state index in [0.717, 1.165) is 0 Å². The summed E-state index contributed by atoms with van der Waals surface area (Å²) in [5.74, 6) is 7.25. The van der Waals surface area contributed by atoms with E-state index in [9.17, 15) is 4.79 Å². The normalized spacial score (nSPS) is 11.6. The van der Waals surface area contributed by atoms with Gasteiger partial charge in [-0.2, -0.15) is 4.80 Å². The highest BCUT2D eigenvalue weighted by Crippen LogP contribution is 2.30. The molecule has 0 radical (unpaired) electrons. The first-order valence-electron chi connectivity index (χ1n) is 11.1. The summed E-state index contributed by atoms with van der Waals surface area (Å²) in [6.45, 7) is 3.62. The summed E-state index contributed by atoms with van der Waals surface area (Å²) in [7, 11) is 1.65. The zero-order chi connectivity index (χ0) is 25.2. The van der Waals surface area contributed by atoms with Gasteiger partial charge in [0.15, 0.2) is 0 Å². The minimum atomic E-state index is -0.479. The molecule has 0 bridgehead atoms. The highest BCUT2D eigenvalue weighted by molar-refractivity contribution is 5.85. The van der Waals surface area contributed by atoms with Gasteiger partial charge in [-0.3, -0.25) is 9.36 Å². The lowest BCUT2D eigenvalue weighted by atomic mass is 10.1. The molecule has 0 amide bonds. The molecule has 178 valence electrons. The van der Waals surface area contributed by atoms with Crippen LogP contribution in [-0.2, 0) is 7.05 Å². The van der Waals surface area contributed by atoms with Crippen LogP contribution in [-0.4, -0.2) is 39.7 Å². The van der Waals surface area contributed by atoms with Crippen LogP contribution in [0.4, 0.5) is 11.6 Å². The monoisotopic (exact) mass is 478 g/mol. The number of nitrogens with one attached hydrogen (secondary N) is 1. The van der Waals surface area contributed by atoms with Gasteiger partial charge in [-0.15, -0.1) is 16.1 Å². The van der Waals surface area contributed by atoms with Crippen LogP contribution >= 0.6 is 0 Å². The molecule has 3 aromatic heterocycles. The average molecular weight is 479 g/mol. The molecule has 2 aromatic carbocycles. The number of rotatable bonds is 5. The summed E-state index contributed by atoms with van der Waals surface area (Å²) >= 11 is 0. The molecule has 0 saturated carbocycles. The predicted octanol–water partition coefficient (Wildman–Crippen LogP) is 2.49. The van der Waals surface area contributed by atoms with Crippen molar-refractivity contribution in [3.8, 4) is 28.9 Å². The summed E-state index contributed by atoms with van der Waals surface area (Å²) in [6, 6.07) is 14.3. The number of tetrazole rings is 1. The molecule has 0 aliphatic heterocycles. The minimum Gasteiger partial charge on any atom is -0.383 e. The van der Waals surface area contributed by atoms with Gasteiger partial charge in [-0.05, 0) is 43.3 Å². The zero-order valence-corrected chi connectivity index (χ0v) is 19.8. The molecule has 0 fully saturated rings. The predicted molar refractivity (Wildman–Crippen MR) is 136 cm³/mol. The third-order valence-electron chi connectivity index (χ3n) is 5.55. The number of aryl methyl sites for hydroxylation is 1. The fourth-order valence-corrected chi connectivity index (χ4v) is 3.99. The number of nitrogens with two attached hydrogens (primary N) is 1. The van der Waals surface area contributed by atoms with Crippen LogP contribution in [0.3, 0.4) is 0 Å². The lowest BCUT2D eigenvalue weighted by molar-refractivity contribution is 0.630. The van der Waals surface area contributed by atoms with E-state index in [1.807, 2.05) is 49.4 Å². The molecule has 36 heavy (non-hydrogen) atoms. The molecule has 5 rings (SSSR count). The molecule has 3 heterocycles. The Morgan fingerprint density at radius 3 is 2.61 bits per heavy atom. The molecule has 5 aromatic rings. The van der Waals surface area contributed by atoms with Gasteiger partial charge < -0.3 is 11.1 Å². The molecule has 0 aliphatic carbocycles. The van der Waals surface area contributed by atoms with Gasteiger partial charge in [-0.1, -0.05) is 30.2 Å². The zero-order valence-electron chi connectivity index (χ0n) is 19.8. The Labute approximate surface area is 206 Å². The van der Waals surface area contributed by atoms with Gasteiger partial charge in [-0.25, -0.2) is 15.0 Å². The Morgan fingerprint density at radius 1 is 1.08 bits per heavy atom. The molecule has 0 spiro atoms. The molecule has 1 atom stereocenters. The van der Waals surface area contributed by atoms with Crippen LogP contribution in [0.25, 0.3) is 28.0 Å². The smallest absolute Gasteiger partial charge is 0.267 e. The van der Waals surface area contributed by atoms with Crippen molar-refractivity contribution in [1.82, 2.24) is 39.7 Å². The van der Waals surface area contributed by atoms with Gasteiger partial charge >= 0.3 is 0 Å². The van der Waals surface area contributed by atoms with E-state index in [0.29, 0.717) is 39.4 Å². The van der Waals surface area contributed by atoms with Gasteiger partial charge in [0, 0.05) is 5.56 Å². The Morgan fingerprint density at radius 2 is 1.89 bits per heavy atom. The van der Waals surface area contributed by atoms with Gasteiger partial charge in [0.2, 0.25) is 5.82 Å². The fraction of sp³-hybridized carbons (Fsp3) is 0.160. The van der Waals surface area contributed by atoms with Crippen molar-refractivity contribution in [3.63, 3.8) is 0 Å². The number of hydrogen-bond donors (Lipinski definition) is 2. The molecular formula is C25H22N10O. The largest absolute Gasteiger partial charge is 0.383 e. The number of hydrogen-bond acceptors (Lipinski definition) is 9. The van der Waals surface area contributed by atoms with Crippen molar-refractivity contribution < 1.29 is 0 Å². The number of nitrogens with zero attached hydrogens (tertiary/aromatic N) is 8. The van der Waals surface area contributed by atoms with Gasteiger partial charge in [0.05, 0.1) is 29.7 Å². The van der Waals surface area contributed by atoms with E-state index in [1.54, 1.807) is 24.6 Å². The lowest BCUT2D eigenvalue weighted by Crippen LogP contribution is -2.28. The SMILES string of the molecule is CC#Cc1cccc2nc(C(C)Nc3ncnc(N)c3-c3nnn(C)n3)n(-c3ccccc3)c(=O)c12. The standard InChI is InChI=1S/C25H22N10O/c1-4-9-16-10-8-13-18-19(16)25(36)35(17-11-6-5-7-12-17)24(30-18)15(2)29-22-20(21(26)27-14-28-22)23-31-33-34(3)32-23/h5-8,10-15H,1-3H3,(H3,26,27,28,29). The lowest BCUT2D eigenvalue weighted by Gasteiger charge is -2.21. The van der Waals surface area contributed by atoms with E-state index in [4.69, 9.17) is 10.7 Å².